The summed E-state index contributed by atoms with van der Waals surface area (Å²) in [6.45, 7) is 3.63. The molecule has 5 rings (SSSR count). The fourth-order valence-electron chi connectivity index (χ4n) is 4.39. The molecule has 0 atom stereocenters. The normalized spacial score (nSPS) is 11.6. The molecule has 0 unspecified atom stereocenters. The predicted molar refractivity (Wildman–Crippen MR) is 134 cm³/mol. The Bertz CT molecular complexity index is 1780. The molecule has 1 aromatic carbocycles. The van der Waals surface area contributed by atoms with Gasteiger partial charge in [-0.05, 0) is 32.0 Å². The van der Waals surface area contributed by atoms with E-state index in [9.17, 15) is 27.6 Å². The van der Waals surface area contributed by atoms with Crippen LogP contribution in [-0.4, -0.2) is 43.9 Å². The van der Waals surface area contributed by atoms with Crippen molar-refractivity contribution in [3.63, 3.8) is 0 Å². The van der Waals surface area contributed by atoms with Gasteiger partial charge < -0.3 is 15.0 Å². The Labute approximate surface area is 218 Å². The number of nitrogens with zero attached hydrogens (tertiary/aromatic N) is 5. The molecule has 39 heavy (non-hydrogen) atoms. The monoisotopic (exact) mass is 537 g/mol. The van der Waals surface area contributed by atoms with Crippen LogP contribution in [0.2, 0.25) is 0 Å². The number of carbonyl (C=O) groups excluding carboxylic acids is 1. The average molecular weight is 537 g/mol. The molecule has 0 aliphatic heterocycles. The van der Waals surface area contributed by atoms with Crippen LogP contribution in [0.25, 0.3) is 38.8 Å². The molecule has 0 saturated heterocycles. The van der Waals surface area contributed by atoms with Crippen LogP contribution in [-0.2, 0) is 10.9 Å². The molecule has 13 heteroatoms. The highest BCUT2D eigenvalue weighted by molar-refractivity contribution is 6.15. The Balaban J connectivity index is 1.92. The molecule has 0 aliphatic rings. The molecule has 4 aromatic heterocycles. The van der Waals surface area contributed by atoms with E-state index < -0.39 is 29.2 Å². The van der Waals surface area contributed by atoms with Crippen molar-refractivity contribution >= 4 is 33.6 Å². The van der Waals surface area contributed by atoms with E-state index in [0.717, 1.165) is 10.9 Å². The molecule has 0 amide bonds. The van der Waals surface area contributed by atoms with Gasteiger partial charge >= 0.3 is 12.1 Å². The van der Waals surface area contributed by atoms with Crippen LogP contribution >= 0.6 is 0 Å². The van der Waals surface area contributed by atoms with Gasteiger partial charge in [0.2, 0.25) is 0 Å². The molecule has 198 valence electrons. The van der Waals surface area contributed by atoms with Crippen molar-refractivity contribution in [2.45, 2.75) is 20.0 Å². The van der Waals surface area contributed by atoms with E-state index in [2.05, 4.69) is 25.4 Å². The van der Waals surface area contributed by atoms with Crippen LogP contribution in [0.3, 0.4) is 0 Å². The number of hydrogen-bond acceptors (Lipinski definition) is 7. The number of nitrogens with one attached hydrogen (secondary N) is 2. The van der Waals surface area contributed by atoms with Gasteiger partial charge in [0.05, 0.1) is 34.4 Å². The molecular formula is C26H19F4N7O2. The average Bonchev–Trinajstić information content (AvgIpc) is 3.51. The van der Waals surface area contributed by atoms with Gasteiger partial charge in [0.15, 0.2) is 5.69 Å². The lowest BCUT2D eigenvalue weighted by atomic mass is 10.0. The second-order valence-electron chi connectivity index (χ2n) is 8.40. The van der Waals surface area contributed by atoms with E-state index in [4.69, 9.17) is 4.74 Å². The predicted octanol–water partition coefficient (Wildman–Crippen LogP) is 5.60. The SMILES string of the molecule is CCNc1cc(F)cc2c1[nH]c1ncc(-c3cncc(C#N)c3)c(-n3cc(C(=O)OCC)c(C(F)(F)F)n3)c12. The van der Waals surface area contributed by atoms with Crippen molar-refractivity contribution in [2.24, 2.45) is 0 Å². The fourth-order valence-corrected chi connectivity index (χ4v) is 4.39. The third kappa shape index (κ3) is 4.50. The molecule has 0 saturated carbocycles. The van der Waals surface area contributed by atoms with Crippen LogP contribution in [0, 0.1) is 17.1 Å². The van der Waals surface area contributed by atoms with Crippen molar-refractivity contribution in [2.75, 3.05) is 18.5 Å². The van der Waals surface area contributed by atoms with Gasteiger partial charge in [-0.25, -0.2) is 18.9 Å². The summed E-state index contributed by atoms with van der Waals surface area (Å²) in [4.78, 5) is 24.1. The first kappa shape index (κ1) is 25.7. The number of H-pyrrole nitrogens is 1. The van der Waals surface area contributed by atoms with E-state index in [1.54, 1.807) is 0 Å². The summed E-state index contributed by atoms with van der Waals surface area (Å²) in [6.07, 6.45) is 0.0600. The zero-order valence-electron chi connectivity index (χ0n) is 20.5. The van der Waals surface area contributed by atoms with Gasteiger partial charge in [-0.15, -0.1) is 0 Å². The van der Waals surface area contributed by atoms with Crippen molar-refractivity contribution in [3.05, 3.63) is 65.6 Å². The van der Waals surface area contributed by atoms with Crippen LogP contribution in [0.4, 0.5) is 23.2 Å². The number of rotatable bonds is 6. The summed E-state index contributed by atoms with van der Waals surface area (Å²) >= 11 is 0. The van der Waals surface area contributed by atoms with Crippen LogP contribution in [0.1, 0.15) is 35.5 Å². The first-order valence-corrected chi connectivity index (χ1v) is 11.7. The molecule has 4 heterocycles. The highest BCUT2D eigenvalue weighted by atomic mass is 19.4. The molecule has 0 aliphatic carbocycles. The molecule has 2 N–H and O–H groups in total. The Hall–Kier alpha value is -4.99. The molecule has 0 radical (unpaired) electrons. The minimum Gasteiger partial charge on any atom is -0.462 e. The van der Waals surface area contributed by atoms with E-state index in [-0.39, 0.29) is 34.5 Å². The van der Waals surface area contributed by atoms with Gasteiger partial charge in [0.1, 0.15) is 23.1 Å². The number of hydrogen-bond donors (Lipinski definition) is 2. The Morgan fingerprint density at radius 3 is 2.69 bits per heavy atom. The Kier molecular flexibility index (Phi) is 6.39. The maximum atomic E-state index is 14.7. The summed E-state index contributed by atoms with van der Waals surface area (Å²) in [5, 5.41) is 16.7. The number of alkyl halides is 3. The summed E-state index contributed by atoms with van der Waals surface area (Å²) in [5.74, 6) is -1.79. The number of ether oxygens (including phenoxy) is 1. The highest BCUT2D eigenvalue weighted by Crippen LogP contribution is 2.40. The van der Waals surface area contributed by atoms with E-state index in [0.29, 0.717) is 28.7 Å². The smallest absolute Gasteiger partial charge is 0.436 e. The van der Waals surface area contributed by atoms with Gasteiger partial charge in [0.25, 0.3) is 0 Å². The number of benzene rings is 1. The van der Waals surface area contributed by atoms with Gasteiger partial charge in [-0.2, -0.15) is 23.5 Å². The standard InChI is InChI=1S/C26H19F4N7O2/c1-3-33-19-7-15(27)6-16-20-22(37-12-18(25(38)39-4-2)23(36-37)26(28,29)30)17(11-34-24(20)35-21(16)19)14-5-13(8-31)9-32-10-14/h5-7,9-12,33H,3-4H2,1-2H3,(H,34,35). The number of carbonyl (C=O) groups is 1. The van der Waals surface area contributed by atoms with Gasteiger partial charge in [-0.3, -0.25) is 4.98 Å². The third-order valence-electron chi connectivity index (χ3n) is 5.92. The quantitative estimate of drug-likeness (QED) is 0.214. The number of pyridine rings is 2. The highest BCUT2D eigenvalue weighted by Gasteiger charge is 2.40. The largest absolute Gasteiger partial charge is 0.462 e. The first-order chi connectivity index (χ1) is 18.7. The minimum atomic E-state index is -4.98. The first-order valence-electron chi connectivity index (χ1n) is 11.7. The maximum Gasteiger partial charge on any atom is 0.436 e. The fraction of sp³-hybridized carbons (Fsp3) is 0.192. The molecule has 0 spiro atoms. The van der Waals surface area contributed by atoms with Crippen molar-refractivity contribution in [1.29, 1.82) is 5.26 Å². The Morgan fingerprint density at radius 2 is 2.00 bits per heavy atom. The van der Waals surface area contributed by atoms with Crippen molar-refractivity contribution in [3.8, 4) is 22.9 Å². The molecule has 5 aromatic rings. The van der Waals surface area contributed by atoms with E-state index in [1.807, 2.05) is 13.0 Å². The second-order valence-corrected chi connectivity index (χ2v) is 8.40. The molecule has 9 nitrogen and oxygen atoms in total. The van der Waals surface area contributed by atoms with Crippen LogP contribution < -0.4 is 5.32 Å². The lowest BCUT2D eigenvalue weighted by Crippen LogP contribution is -2.14. The number of nitriles is 1. The third-order valence-corrected chi connectivity index (χ3v) is 5.92. The van der Waals surface area contributed by atoms with Crippen molar-refractivity contribution in [1.82, 2.24) is 24.7 Å². The zero-order chi connectivity index (χ0) is 27.9. The number of fused-ring (bicyclic) bond motifs is 3. The van der Waals surface area contributed by atoms with E-state index in [1.165, 1.54) is 43.7 Å². The number of aromatic amines is 1. The molecule has 0 fully saturated rings. The van der Waals surface area contributed by atoms with E-state index >= 15 is 0 Å². The van der Waals surface area contributed by atoms with Gasteiger partial charge in [0, 0.05) is 47.8 Å². The number of esters is 1. The van der Waals surface area contributed by atoms with Crippen LogP contribution in [0.15, 0.2) is 43.0 Å². The number of halogens is 4. The lowest BCUT2D eigenvalue weighted by Gasteiger charge is -2.12. The summed E-state index contributed by atoms with van der Waals surface area (Å²) < 4.78 is 62.5. The topological polar surface area (TPSA) is 122 Å². The number of anilines is 1. The lowest BCUT2D eigenvalue weighted by molar-refractivity contribution is -0.141. The molecular weight excluding hydrogens is 518 g/mol. The van der Waals surface area contributed by atoms with Crippen LogP contribution in [0.5, 0.6) is 0 Å². The minimum absolute atomic E-state index is 0.0669. The van der Waals surface area contributed by atoms with Crippen molar-refractivity contribution < 1.29 is 27.1 Å². The zero-order valence-corrected chi connectivity index (χ0v) is 20.5. The summed E-state index contributed by atoms with van der Waals surface area (Å²) in [7, 11) is 0. The molecule has 0 bridgehead atoms. The number of aromatic nitrogens is 5. The second kappa shape index (κ2) is 9.71. The van der Waals surface area contributed by atoms with Gasteiger partial charge in [-0.1, -0.05) is 0 Å². The summed E-state index contributed by atoms with van der Waals surface area (Å²) in [5.41, 5.74) is -0.249. The Morgan fingerprint density at radius 1 is 1.21 bits per heavy atom. The maximum absolute atomic E-state index is 14.7. The summed E-state index contributed by atoms with van der Waals surface area (Å²) in [6, 6.07) is 5.97.